The zero-order valence-corrected chi connectivity index (χ0v) is 16.1. The maximum atomic E-state index is 12.3. The molecule has 1 aromatic carbocycles. The Labute approximate surface area is 150 Å². The van der Waals surface area contributed by atoms with Crippen molar-refractivity contribution in [2.45, 2.75) is 50.7 Å². The van der Waals surface area contributed by atoms with Gasteiger partial charge in [-0.05, 0) is 44.2 Å². The summed E-state index contributed by atoms with van der Waals surface area (Å²) in [4.78, 5) is 0. The smallest absolute Gasteiger partial charge is 0.212 e. The maximum Gasteiger partial charge on any atom is 0.233 e. The van der Waals surface area contributed by atoms with Gasteiger partial charge in [-0.25, -0.2) is 21.6 Å². The third kappa shape index (κ3) is 4.49. The summed E-state index contributed by atoms with van der Waals surface area (Å²) in [6.07, 6.45) is 5.46. The number of aryl methyl sites for hydroxylation is 1. The molecule has 2 heterocycles. The van der Waals surface area contributed by atoms with Gasteiger partial charge in [0.25, 0.3) is 0 Å². The molecule has 0 radical (unpaired) electrons. The van der Waals surface area contributed by atoms with Crippen molar-refractivity contribution in [1.82, 2.24) is 9.03 Å². The van der Waals surface area contributed by atoms with Gasteiger partial charge in [0.15, 0.2) is 0 Å². The van der Waals surface area contributed by atoms with Crippen LogP contribution >= 0.6 is 0 Å². The minimum absolute atomic E-state index is 0.0949. The number of sulfonamides is 2. The van der Waals surface area contributed by atoms with Gasteiger partial charge in [0.1, 0.15) is 0 Å². The van der Waals surface area contributed by atoms with Crippen molar-refractivity contribution in [2.24, 2.45) is 0 Å². The second-order valence-corrected chi connectivity index (χ2v) is 10.5. The van der Waals surface area contributed by atoms with Gasteiger partial charge in [-0.15, -0.1) is 0 Å². The van der Waals surface area contributed by atoms with Gasteiger partial charge in [0.2, 0.25) is 20.0 Å². The Bertz CT molecular complexity index is 846. The zero-order valence-electron chi connectivity index (χ0n) is 14.4. The topological polar surface area (TPSA) is 83.6 Å². The van der Waals surface area contributed by atoms with E-state index in [4.69, 9.17) is 0 Å². The average molecular weight is 385 g/mol. The highest BCUT2D eigenvalue weighted by Crippen LogP contribution is 2.37. The molecule has 138 valence electrons. The lowest BCUT2D eigenvalue weighted by Crippen LogP contribution is -2.51. The Hall–Kier alpha value is -1.22. The van der Waals surface area contributed by atoms with Crippen LogP contribution < -0.4 is 4.72 Å². The molecule has 25 heavy (non-hydrogen) atoms. The van der Waals surface area contributed by atoms with E-state index in [1.807, 2.05) is 31.2 Å². The second-order valence-electron chi connectivity index (χ2n) is 7.02. The predicted molar refractivity (Wildman–Crippen MR) is 98.8 cm³/mol. The molecule has 1 aromatic rings. The quantitative estimate of drug-likeness (QED) is 0.840. The van der Waals surface area contributed by atoms with E-state index in [0.717, 1.165) is 24.0 Å². The molecule has 0 saturated carbocycles. The Balaban J connectivity index is 1.66. The fourth-order valence-corrected chi connectivity index (χ4v) is 6.43. The number of hydrogen-bond acceptors (Lipinski definition) is 4. The summed E-state index contributed by atoms with van der Waals surface area (Å²) in [5.74, 6) is 0. The van der Waals surface area contributed by atoms with Gasteiger partial charge < -0.3 is 0 Å². The summed E-state index contributed by atoms with van der Waals surface area (Å²) >= 11 is 0. The summed E-state index contributed by atoms with van der Waals surface area (Å²) in [5.41, 5.74) is 1.94. The van der Waals surface area contributed by atoms with E-state index in [0.29, 0.717) is 12.8 Å². The molecule has 1 N–H and O–H groups in total. The number of rotatable bonds is 5. The first-order valence-corrected chi connectivity index (χ1v) is 11.8. The molecule has 3 rings (SSSR count). The number of fused-ring (bicyclic) bond motifs is 2. The molecule has 0 amide bonds. The van der Waals surface area contributed by atoms with Crippen molar-refractivity contribution >= 4 is 26.1 Å². The molecule has 6 nitrogen and oxygen atoms in total. The van der Waals surface area contributed by atoms with Crippen LogP contribution in [0, 0.1) is 6.92 Å². The molecule has 2 atom stereocenters. The summed E-state index contributed by atoms with van der Waals surface area (Å²) < 4.78 is 52.7. The lowest BCUT2D eigenvalue weighted by atomic mass is 10.0. The highest BCUT2D eigenvalue weighted by molar-refractivity contribution is 7.92. The normalized spacial score (nSPS) is 27.8. The first-order valence-electron chi connectivity index (χ1n) is 8.40. The largest absolute Gasteiger partial charge is 0.233 e. The van der Waals surface area contributed by atoms with Crippen LogP contribution in [-0.4, -0.2) is 45.5 Å². The van der Waals surface area contributed by atoms with E-state index < -0.39 is 20.0 Å². The Kier molecular flexibility index (Phi) is 5.07. The predicted octanol–water partition coefficient (Wildman–Crippen LogP) is 1.84. The van der Waals surface area contributed by atoms with Crippen molar-refractivity contribution in [3.05, 3.63) is 40.8 Å². The fourth-order valence-electron chi connectivity index (χ4n) is 3.89. The Morgan fingerprint density at radius 2 is 1.60 bits per heavy atom. The highest BCUT2D eigenvalue weighted by Gasteiger charge is 2.45. The number of hydrogen-bond donors (Lipinski definition) is 1. The maximum absolute atomic E-state index is 12.3. The van der Waals surface area contributed by atoms with Crippen molar-refractivity contribution in [1.29, 1.82) is 0 Å². The molecule has 8 heteroatoms. The molecular weight excluding hydrogens is 360 g/mol. The highest BCUT2D eigenvalue weighted by atomic mass is 32.2. The van der Waals surface area contributed by atoms with Crippen LogP contribution in [0.5, 0.6) is 0 Å². The third-order valence-corrected chi connectivity index (χ3v) is 7.42. The standard InChI is InChI=1S/C17H24N2O4S2/c1-13-3-5-14(6-4-13)9-10-25(22,23)18-15-11-16-7-8-17(12-15)19(16)24(2,20)21/h3-6,9-10,15-18H,7-8,11-12H2,1-2H3/b10-9+. The van der Waals surface area contributed by atoms with E-state index in [9.17, 15) is 16.8 Å². The first-order chi connectivity index (χ1) is 11.6. The number of nitrogens with one attached hydrogen (secondary N) is 1. The summed E-state index contributed by atoms with van der Waals surface area (Å²) in [6, 6.07) is 7.18. The number of piperidine rings is 1. The van der Waals surface area contributed by atoms with Crippen LogP contribution in [0.3, 0.4) is 0 Å². The van der Waals surface area contributed by atoms with Gasteiger partial charge in [-0.3, -0.25) is 0 Å². The van der Waals surface area contributed by atoms with Crippen LogP contribution in [0.2, 0.25) is 0 Å². The minimum atomic E-state index is -3.56. The van der Waals surface area contributed by atoms with Crippen LogP contribution in [-0.2, 0) is 20.0 Å². The lowest BCUT2D eigenvalue weighted by Gasteiger charge is -2.37. The van der Waals surface area contributed by atoms with E-state index in [1.54, 1.807) is 10.4 Å². The Morgan fingerprint density at radius 3 is 2.12 bits per heavy atom. The molecule has 2 aliphatic heterocycles. The van der Waals surface area contributed by atoms with Crippen LogP contribution in [0.4, 0.5) is 0 Å². The average Bonchev–Trinajstić information content (AvgIpc) is 2.79. The minimum Gasteiger partial charge on any atom is -0.212 e. The van der Waals surface area contributed by atoms with Gasteiger partial charge in [0, 0.05) is 23.5 Å². The molecule has 0 aromatic heterocycles. The van der Waals surface area contributed by atoms with Crippen LogP contribution in [0.15, 0.2) is 29.7 Å². The summed E-state index contributed by atoms with van der Waals surface area (Å²) in [6.45, 7) is 1.98. The molecule has 2 fully saturated rings. The SMILES string of the molecule is Cc1ccc(/C=C/S(=O)(=O)NC2CC3CCC(C2)N3S(C)(=O)=O)cc1. The van der Waals surface area contributed by atoms with Crippen LogP contribution in [0.25, 0.3) is 6.08 Å². The van der Waals surface area contributed by atoms with E-state index in [1.165, 1.54) is 11.7 Å². The fraction of sp³-hybridized carbons (Fsp3) is 0.529. The van der Waals surface area contributed by atoms with E-state index >= 15 is 0 Å². The molecule has 0 aliphatic carbocycles. The van der Waals surface area contributed by atoms with E-state index in [2.05, 4.69) is 4.72 Å². The van der Waals surface area contributed by atoms with Crippen molar-refractivity contribution in [3.63, 3.8) is 0 Å². The van der Waals surface area contributed by atoms with Gasteiger partial charge >= 0.3 is 0 Å². The van der Waals surface area contributed by atoms with Crippen molar-refractivity contribution in [3.8, 4) is 0 Å². The molecule has 2 bridgehead atoms. The van der Waals surface area contributed by atoms with Gasteiger partial charge in [0.05, 0.1) is 6.26 Å². The summed E-state index contributed by atoms with van der Waals surface area (Å²) in [5, 5.41) is 1.18. The first kappa shape index (κ1) is 18.6. The van der Waals surface area contributed by atoms with Gasteiger partial charge in [-0.2, -0.15) is 4.31 Å². The molecule has 0 spiro atoms. The zero-order chi connectivity index (χ0) is 18.2. The third-order valence-electron chi connectivity index (χ3n) is 4.90. The molecule has 2 unspecified atom stereocenters. The number of nitrogens with zero attached hydrogens (tertiary/aromatic N) is 1. The van der Waals surface area contributed by atoms with Crippen molar-refractivity contribution < 1.29 is 16.8 Å². The number of benzene rings is 1. The van der Waals surface area contributed by atoms with Crippen LogP contribution in [0.1, 0.15) is 36.8 Å². The molecule has 2 saturated heterocycles. The van der Waals surface area contributed by atoms with E-state index in [-0.39, 0.29) is 18.1 Å². The van der Waals surface area contributed by atoms with Gasteiger partial charge in [-0.1, -0.05) is 29.8 Å². The van der Waals surface area contributed by atoms with Crippen molar-refractivity contribution in [2.75, 3.05) is 6.26 Å². The molecule has 2 aliphatic rings. The lowest BCUT2D eigenvalue weighted by molar-refractivity contribution is 0.221. The summed E-state index contributed by atoms with van der Waals surface area (Å²) in [7, 11) is -6.80. The Morgan fingerprint density at radius 1 is 1.04 bits per heavy atom. The monoisotopic (exact) mass is 384 g/mol. The molecular formula is C17H24N2O4S2. The second kappa shape index (κ2) is 6.83.